The summed E-state index contributed by atoms with van der Waals surface area (Å²) in [6.45, 7) is 0.819. The minimum Gasteiger partial charge on any atom is -0.379 e. The minimum absolute atomic E-state index is 0.145. The number of hydrogen-bond donors (Lipinski definition) is 1. The number of nitrogens with zero attached hydrogens (tertiary/aromatic N) is 2. The third-order valence-corrected chi connectivity index (χ3v) is 6.54. The molecule has 1 fully saturated rings. The molecule has 7 heteroatoms. The highest BCUT2D eigenvalue weighted by atomic mass is 32.2. The maximum Gasteiger partial charge on any atom is 0.294 e. The van der Waals surface area contributed by atoms with Gasteiger partial charge < -0.3 is 9.62 Å². The molecular formula is C18H23N3O2S2. The number of nitrogens with one attached hydrogen (secondary N) is 1. The van der Waals surface area contributed by atoms with Crippen LogP contribution in [0, 0.1) is 16.0 Å². The Balaban J connectivity index is 1.69. The molecule has 134 valence electrons. The van der Waals surface area contributed by atoms with Gasteiger partial charge in [-0.1, -0.05) is 25.3 Å². The van der Waals surface area contributed by atoms with Gasteiger partial charge in [-0.3, -0.25) is 10.1 Å². The lowest BCUT2D eigenvalue weighted by molar-refractivity contribution is -0.383. The van der Waals surface area contributed by atoms with Gasteiger partial charge in [-0.25, -0.2) is 0 Å². The molecule has 0 unspecified atom stereocenters. The Bertz CT molecular complexity index is 700. The Morgan fingerprint density at radius 2 is 2.12 bits per heavy atom. The minimum atomic E-state index is -0.295. The van der Waals surface area contributed by atoms with Gasteiger partial charge in [-0.05, 0) is 54.3 Å². The standard InChI is InChI=1S/C18H23N3O2S2/c1-20(25-18-8-5-11-24-18)15-9-10-16(17(12-15)21(22)23)19-13-14-6-3-2-4-7-14/h5,8-12,14,19H,2-4,6-7,13H2,1H3. The van der Waals surface area contributed by atoms with E-state index in [2.05, 4.69) is 5.32 Å². The van der Waals surface area contributed by atoms with E-state index in [1.165, 1.54) is 32.1 Å². The van der Waals surface area contributed by atoms with E-state index < -0.39 is 0 Å². The van der Waals surface area contributed by atoms with Crippen LogP contribution in [-0.4, -0.2) is 18.5 Å². The van der Waals surface area contributed by atoms with Crippen LogP contribution in [0.2, 0.25) is 0 Å². The average molecular weight is 378 g/mol. The fourth-order valence-corrected chi connectivity index (χ4v) is 4.92. The Kier molecular flexibility index (Phi) is 6.20. The topological polar surface area (TPSA) is 58.4 Å². The van der Waals surface area contributed by atoms with E-state index in [1.807, 2.05) is 41.0 Å². The van der Waals surface area contributed by atoms with E-state index in [-0.39, 0.29) is 10.6 Å². The van der Waals surface area contributed by atoms with Crippen LogP contribution < -0.4 is 9.62 Å². The van der Waals surface area contributed by atoms with Crippen molar-refractivity contribution in [2.24, 2.45) is 5.92 Å². The predicted molar refractivity (Wildman–Crippen MR) is 107 cm³/mol. The van der Waals surface area contributed by atoms with Crippen LogP contribution in [-0.2, 0) is 0 Å². The Hall–Kier alpha value is -1.73. The zero-order chi connectivity index (χ0) is 17.6. The summed E-state index contributed by atoms with van der Waals surface area (Å²) in [7, 11) is 1.93. The van der Waals surface area contributed by atoms with Crippen LogP contribution in [0.25, 0.3) is 0 Å². The molecule has 1 aromatic heterocycles. The summed E-state index contributed by atoms with van der Waals surface area (Å²) in [6.07, 6.45) is 6.31. The normalized spacial score (nSPS) is 15.1. The second kappa shape index (κ2) is 8.58. The highest BCUT2D eigenvalue weighted by Gasteiger charge is 2.19. The molecule has 25 heavy (non-hydrogen) atoms. The molecular weight excluding hydrogens is 354 g/mol. The van der Waals surface area contributed by atoms with Crippen LogP contribution in [0.3, 0.4) is 0 Å². The number of benzene rings is 1. The van der Waals surface area contributed by atoms with Gasteiger partial charge in [0.1, 0.15) is 5.69 Å². The molecule has 1 aliphatic carbocycles. The van der Waals surface area contributed by atoms with Crippen LogP contribution >= 0.6 is 23.3 Å². The molecule has 0 bridgehead atoms. The van der Waals surface area contributed by atoms with Gasteiger partial charge >= 0.3 is 0 Å². The first-order chi connectivity index (χ1) is 12.1. The molecule has 1 saturated carbocycles. The quantitative estimate of drug-likeness (QED) is 0.376. The Morgan fingerprint density at radius 3 is 2.80 bits per heavy atom. The molecule has 0 spiro atoms. The predicted octanol–water partition coefficient (Wildman–Crippen LogP) is 5.79. The van der Waals surface area contributed by atoms with Gasteiger partial charge in [0, 0.05) is 19.7 Å². The van der Waals surface area contributed by atoms with Crippen LogP contribution in [0.15, 0.2) is 39.9 Å². The van der Waals surface area contributed by atoms with E-state index in [4.69, 9.17) is 0 Å². The van der Waals surface area contributed by atoms with E-state index in [0.29, 0.717) is 11.6 Å². The summed E-state index contributed by atoms with van der Waals surface area (Å²) in [5, 5.41) is 16.8. The number of rotatable bonds is 7. The lowest BCUT2D eigenvalue weighted by Crippen LogP contribution is -2.17. The van der Waals surface area contributed by atoms with Gasteiger partial charge in [0.15, 0.2) is 0 Å². The third-order valence-electron chi connectivity index (χ3n) is 4.57. The lowest BCUT2D eigenvalue weighted by Gasteiger charge is -2.22. The highest BCUT2D eigenvalue weighted by Crippen LogP contribution is 2.35. The summed E-state index contributed by atoms with van der Waals surface area (Å²) in [6, 6.07) is 9.48. The van der Waals surface area contributed by atoms with Gasteiger partial charge in [0.05, 0.1) is 14.8 Å². The van der Waals surface area contributed by atoms with Crippen molar-refractivity contribution in [2.45, 2.75) is 36.3 Å². The molecule has 0 radical (unpaired) electrons. The fourth-order valence-electron chi connectivity index (χ4n) is 3.17. The highest BCUT2D eigenvalue weighted by molar-refractivity contribution is 8.02. The monoisotopic (exact) mass is 377 g/mol. The summed E-state index contributed by atoms with van der Waals surface area (Å²) >= 11 is 3.23. The zero-order valence-electron chi connectivity index (χ0n) is 14.3. The van der Waals surface area contributed by atoms with Crippen LogP contribution in [0.5, 0.6) is 0 Å². The number of thiophene rings is 1. The smallest absolute Gasteiger partial charge is 0.294 e. The third kappa shape index (κ3) is 4.89. The van der Waals surface area contributed by atoms with E-state index in [1.54, 1.807) is 29.4 Å². The van der Waals surface area contributed by atoms with Crippen molar-refractivity contribution in [3.63, 3.8) is 0 Å². The molecule has 2 aromatic rings. The molecule has 1 aliphatic rings. The molecule has 1 aromatic carbocycles. The summed E-state index contributed by atoms with van der Waals surface area (Å²) in [4.78, 5) is 11.2. The van der Waals surface area contributed by atoms with E-state index >= 15 is 0 Å². The average Bonchev–Trinajstić information content (AvgIpc) is 3.13. The first-order valence-electron chi connectivity index (χ1n) is 8.61. The number of anilines is 2. The molecule has 1 heterocycles. The maximum absolute atomic E-state index is 11.5. The number of nitro groups is 1. The van der Waals surface area contributed by atoms with Crippen LogP contribution in [0.4, 0.5) is 17.1 Å². The number of hydrogen-bond acceptors (Lipinski definition) is 6. The summed E-state index contributed by atoms with van der Waals surface area (Å²) in [5.74, 6) is 0.630. The summed E-state index contributed by atoms with van der Waals surface area (Å²) < 4.78 is 3.12. The maximum atomic E-state index is 11.5. The van der Waals surface area contributed by atoms with E-state index in [0.717, 1.165) is 16.4 Å². The fraction of sp³-hybridized carbons (Fsp3) is 0.444. The van der Waals surface area contributed by atoms with Crippen LogP contribution in [0.1, 0.15) is 32.1 Å². The lowest BCUT2D eigenvalue weighted by atomic mass is 9.89. The molecule has 3 rings (SSSR count). The molecule has 0 atom stereocenters. The largest absolute Gasteiger partial charge is 0.379 e. The second-order valence-electron chi connectivity index (χ2n) is 6.36. The SMILES string of the molecule is CN(Sc1cccs1)c1ccc(NCC2CCCCC2)c([N+](=O)[O-])c1. The molecule has 0 aliphatic heterocycles. The van der Waals surface area contributed by atoms with Crippen molar-refractivity contribution in [1.82, 2.24) is 0 Å². The Labute approximate surface area is 156 Å². The molecule has 0 amide bonds. The Morgan fingerprint density at radius 1 is 1.32 bits per heavy atom. The first-order valence-corrected chi connectivity index (χ1v) is 10.3. The van der Waals surface area contributed by atoms with Crippen molar-refractivity contribution < 1.29 is 4.92 Å². The van der Waals surface area contributed by atoms with Crippen molar-refractivity contribution in [2.75, 3.05) is 23.2 Å². The first kappa shape index (κ1) is 18.1. The van der Waals surface area contributed by atoms with Gasteiger partial charge in [0.25, 0.3) is 5.69 Å². The van der Waals surface area contributed by atoms with E-state index in [9.17, 15) is 10.1 Å². The zero-order valence-corrected chi connectivity index (χ0v) is 15.9. The molecule has 0 saturated heterocycles. The molecule has 5 nitrogen and oxygen atoms in total. The van der Waals surface area contributed by atoms with Crippen molar-refractivity contribution in [3.05, 3.63) is 45.8 Å². The van der Waals surface area contributed by atoms with Gasteiger partial charge in [-0.2, -0.15) is 0 Å². The number of nitro benzene ring substituents is 1. The van der Waals surface area contributed by atoms with Gasteiger partial charge in [-0.15, -0.1) is 11.3 Å². The van der Waals surface area contributed by atoms with Crippen molar-refractivity contribution in [3.8, 4) is 0 Å². The second-order valence-corrected chi connectivity index (χ2v) is 8.74. The molecule has 1 N–H and O–H groups in total. The van der Waals surface area contributed by atoms with Crippen molar-refractivity contribution >= 4 is 40.3 Å². The summed E-state index contributed by atoms with van der Waals surface area (Å²) in [5.41, 5.74) is 1.59. The van der Waals surface area contributed by atoms with Gasteiger partial charge in [0.2, 0.25) is 0 Å². The van der Waals surface area contributed by atoms with Crippen molar-refractivity contribution in [1.29, 1.82) is 0 Å².